The molecular formula is C28H29N3O3. The zero-order chi connectivity index (χ0) is 24.2. The monoisotopic (exact) mass is 455 g/mol. The number of carbonyl (C=O) groups excluding carboxylic acids is 1. The van der Waals surface area contributed by atoms with Gasteiger partial charge in [0.15, 0.2) is 0 Å². The quantitative estimate of drug-likeness (QED) is 0.382. The Morgan fingerprint density at radius 1 is 0.971 bits per heavy atom. The minimum absolute atomic E-state index is 0.146. The number of phenols is 1. The maximum Gasteiger partial charge on any atom is 0.271 e. The van der Waals surface area contributed by atoms with Crippen molar-refractivity contribution in [3.63, 3.8) is 0 Å². The first-order chi connectivity index (χ1) is 16.3. The van der Waals surface area contributed by atoms with E-state index in [1.165, 1.54) is 11.1 Å². The summed E-state index contributed by atoms with van der Waals surface area (Å²) in [7, 11) is 1.77. The van der Waals surface area contributed by atoms with E-state index in [0.717, 1.165) is 28.0 Å². The van der Waals surface area contributed by atoms with Crippen molar-refractivity contribution in [3.8, 4) is 22.8 Å². The molecule has 0 aliphatic heterocycles. The van der Waals surface area contributed by atoms with Crippen LogP contribution in [-0.2, 0) is 13.2 Å². The van der Waals surface area contributed by atoms with Crippen LogP contribution in [0, 0.1) is 20.8 Å². The number of aryl methyl sites for hydroxylation is 3. The fourth-order valence-electron chi connectivity index (χ4n) is 4.04. The predicted molar refractivity (Wildman–Crippen MR) is 133 cm³/mol. The van der Waals surface area contributed by atoms with Crippen LogP contribution >= 0.6 is 0 Å². The molecule has 1 aromatic heterocycles. The molecule has 0 saturated carbocycles. The summed E-state index contributed by atoms with van der Waals surface area (Å²) in [5.41, 5.74) is 7.39. The third kappa shape index (κ3) is 5.12. The lowest BCUT2D eigenvalue weighted by atomic mass is 10.0. The Hall–Kier alpha value is -4.06. The molecule has 0 aliphatic carbocycles. The van der Waals surface area contributed by atoms with Crippen LogP contribution in [-0.4, -0.2) is 33.2 Å². The maximum atomic E-state index is 13.0. The Kier molecular flexibility index (Phi) is 6.68. The number of aromatic nitrogens is 2. The molecule has 0 radical (unpaired) electrons. The summed E-state index contributed by atoms with van der Waals surface area (Å²) in [6, 6.07) is 20.8. The molecule has 0 fully saturated rings. The molecular weight excluding hydrogens is 426 g/mol. The second-order valence-corrected chi connectivity index (χ2v) is 8.65. The lowest BCUT2D eigenvalue weighted by Gasteiger charge is -2.19. The minimum Gasteiger partial charge on any atom is -0.508 e. The second kappa shape index (κ2) is 9.83. The van der Waals surface area contributed by atoms with Crippen molar-refractivity contribution in [3.05, 3.63) is 100 Å². The number of nitrogens with zero attached hydrogens (tertiary/aromatic N) is 2. The fourth-order valence-corrected chi connectivity index (χ4v) is 4.04. The molecule has 34 heavy (non-hydrogen) atoms. The van der Waals surface area contributed by atoms with E-state index < -0.39 is 0 Å². The van der Waals surface area contributed by atoms with Gasteiger partial charge in [-0.25, -0.2) is 0 Å². The third-order valence-corrected chi connectivity index (χ3v) is 5.89. The van der Waals surface area contributed by atoms with Crippen LogP contribution in [0.5, 0.6) is 11.5 Å². The van der Waals surface area contributed by atoms with E-state index in [2.05, 4.69) is 41.4 Å². The van der Waals surface area contributed by atoms with Crippen LogP contribution in [0.25, 0.3) is 11.3 Å². The molecule has 6 heteroatoms. The van der Waals surface area contributed by atoms with E-state index in [9.17, 15) is 9.90 Å². The number of H-pyrrole nitrogens is 1. The summed E-state index contributed by atoms with van der Waals surface area (Å²) in [4.78, 5) is 14.6. The zero-order valence-corrected chi connectivity index (χ0v) is 19.9. The van der Waals surface area contributed by atoms with Crippen LogP contribution in [0.2, 0.25) is 0 Å². The number of hydrogen-bond donors (Lipinski definition) is 2. The predicted octanol–water partition coefficient (Wildman–Crippen LogP) is 5.56. The minimum atomic E-state index is -0.146. The van der Waals surface area contributed by atoms with E-state index in [4.69, 9.17) is 4.74 Å². The first-order valence-corrected chi connectivity index (χ1v) is 11.2. The molecule has 1 amide bonds. The van der Waals surface area contributed by atoms with Gasteiger partial charge in [0.2, 0.25) is 0 Å². The molecule has 0 aliphatic rings. The molecule has 3 aromatic carbocycles. The topological polar surface area (TPSA) is 78.4 Å². The second-order valence-electron chi connectivity index (χ2n) is 8.65. The first kappa shape index (κ1) is 23.1. The third-order valence-electron chi connectivity index (χ3n) is 5.89. The van der Waals surface area contributed by atoms with Gasteiger partial charge in [-0.3, -0.25) is 9.89 Å². The Morgan fingerprint density at radius 3 is 2.32 bits per heavy atom. The van der Waals surface area contributed by atoms with Crippen LogP contribution in [0.3, 0.4) is 0 Å². The molecule has 2 N–H and O–H groups in total. The Morgan fingerprint density at radius 2 is 1.65 bits per heavy atom. The first-order valence-electron chi connectivity index (χ1n) is 11.2. The van der Waals surface area contributed by atoms with Crippen molar-refractivity contribution < 1.29 is 14.6 Å². The van der Waals surface area contributed by atoms with Crippen LogP contribution in [0.1, 0.15) is 38.3 Å². The highest BCUT2D eigenvalue weighted by Gasteiger charge is 2.17. The number of phenolic OH excluding ortho intramolecular Hbond substituents is 1. The number of aromatic hydroxyl groups is 1. The van der Waals surface area contributed by atoms with E-state index >= 15 is 0 Å². The molecule has 6 nitrogen and oxygen atoms in total. The van der Waals surface area contributed by atoms with Gasteiger partial charge in [-0.15, -0.1) is 0 Å². The highest BCUT2D eigenvalue weighted by Crippen LogP contribution is 2.27. The van der Waals surface area contributed by atoms with E-state index in [0.29, 0.717) is 24.5 Å². The molecule has 0 spiro atoms. The normalized spacial score (nSPS) is 10.8. The van der Waals surface area contributed by atoms with Crippen molar-refractivity contribution in [2.45, 2.75) is 33.9 Å². The summed E-state index contributed by atoms with van der Waals surface area (Å²) < 4.78 is 6.15. The summed E-state index contributed by atoms with van der Waals surface area (Å²) in [6.07, 6.45) is 0. The highest BCUT2D eigenvalue weighted by atomic mass is 16.5. The summed E-state index contributed by atoms with van der Waals surface area (Å²) in [5.74, 6) is 0.924. The van der Waals surface area contributed by atoms with Gasteiger partial charge in [-0.05, 0) is 78.9 Å². The van der Waals surface area contributed by atoms with Gasteiger partial charge in [0.05, 0.1) is 5.69 Å². The summed E-state index contributed by atoms with van der Waals surface area (Å²) in [6.45, 7) is 7.14. The van der Waals surface area contributed by atoms with Gasteiger partial charge in [-0.1, -0.05) is 36.4 Å². The number of carbonyl (C=O) groups is 1. The van der Waals surface area contributed by atoms with E-state index in [-0.39, 0.29) is 11.7 Å². The molecule has 0 atom stereocenters. The van der Waals surface area contributed by atoms with Crippen LogP contribution in [0.15, 0.2) is 66.7 Å². The molecule has 0 bridgehead atoms. The van der Waals surface area contributed by atoms with Crippen LogP contribution in [0.4, 0.5) is 0 Å². The van der Waals surface area contributed by atoms with Gasteiger partial charge < -0.3 is 14.7 Å². The van der Waals surface area contributed by atoms with Gasteiger partial charge in [0.1, 0.15) is 23.8 Å². The van der Waals surface area contributed by atoms with Crippen molar-refractivity contribution >= 4 is 5.91 Å². The molecule has 4 aromatic rings. The number of rotatable bonds is 7. The zero-order valence-electron chi connectivity index (χ0n) is 19.9. The van der Waals surface area contributed by atoms with E-state index in [1.54, 1.807) is 42.3 Å². The highest BCUT2D eigenvalue weighted by molar-refractivity contribution is 5.93. The van der Waals surface area contributed by atoms with Crippen molar-refractivity contribution in [2.75, 3.05) is 7.05 Å². The number of amides is 1. The molecule has 0 saturated heterocycles. The Labute approximate surface area is 199 Å². The maximum absolute atomic E-state index is 13.0. The lowest BCUT2D eigenvalue weighted by Crippen LogP contribution is -2.26. The number of ether oxygens (including phenoxy) is 1. The smallest absolute Gasteiger partial charge is 0.271 e. The van der Waals surface area contributed by atoms with Crippen molar-refractivity contribution in [1.29, 1.82) is 0 Å². The molecule has 0 unspecified atom stereocenters. The van der Waals surface area contributed by atoms with Gasteiger partial charge >= 0.3 is 0 Å². The number of nitrogens with one attached hydrogen (secondary N) is 1. The largest absolute Gasteiger partial charge is 0.508 e. The van der Waals surface area contributed by atoms with Crippen LogP contribution < -0.4 is 4.74 Å². The summed E-state index contributed by atoms with van der Waals surface area (Å²) >= 11 is 0. The fraction of sp³-hybridized carbons (Fsp3) is 0.214. The van der Waals surface area contributed by atoms with Gasteiger partial charge in [0, 0.05) is 19.2 Å². The van der Waals surface area contributed by atoms with Crippen molar-refractivity contribution in [2.24, 2.45) is 0 Å². The van der Waals surface area contributed by atoms with Crippen molar-refractivity contribution in [1.82, 2.24) is 15.1 Å². The molecule has 4 rings (SSSR count). The molecule has 174 valence electrons. The lowest BCUT2D eigenvalue weighted by molar-refractivity contribution is 0.0779. The Bertz CT molecular complexity index is 1290. The number of aromatic amines is 1. The standard InChI is InChI=1S/C28H29N3O3/c1-18-7-5-6-8-23(18)17-34-27-19(2)13-21(14-20(27)3)16-31(4)28(33)26-15-25(29-30-26)22-9-11-24(32)12-10-22/h5-15,32H,16-17H2,1-4H3,(H,29,30). The average Bonchev–Trinajstić information content (AvgIpc) is 3.30. The average molecular weight is 456 g/mol. The van der Waals surface area contributed by atoms with E-state index in [1.807, 2.05) is 26.0 Å². The SMILES string of the molecule is Cc1ccccc1COc1c(C)cc(CN(C)C(=O)c2cc(-c3ccc(O)cc3)n[nH]2)cc1C. The summed E-state index contributed by atoms with van der Waals surface area (Å²) in [5, 5.41) is 16.5. The Balaban J connectivity index is 1.43. The number of hydrogen-bond acceptors (Lipinski definition) is 4. The molecule has 1 heterocycles. The van der Waals surface area contributed by atoms with Gasteiger partial charge in [0.25, 0.3) is 5.91 Å². The number of benzene rings is 3. The van der Waals surface area contributed by atoms with Gasteiger partial charge in [-0.2, -0.15) is 5.10 Å².